The number of unbranched alkanes of at least 4 members (excludes halogenated alkanes) is 34. The molecule has 0 aromatic carbocycles. The maximum atomic E-state index is 13.4. The van der Waals surface area contributed by atoms with Crippen molar-refractivity contribution in [2.45, 2.75) is 389 Å². The minimum absolute atomic E-state index is 0.249. The van der Waals surface area contributed by atoms with Crippen molar-refractivity contribution in [3.63, 3.8) is 0 Å². The summed E-state index contributed by atoms with van der Waals surface area (Å²) in [5.41, 5.74) is 0. The summed E-state index contributed by atoms with van der Waals surface area (Å²) in [6.45, 7) is 2.71. The van der Waals surface area contributed by atoms with E-state index in [0.717, 1.165) is 116 Å². The van der Waals surface area contributed by atoms with Crippen molar-refractivity contribution in [3.8, 4) is 0 Å². The molecule has 0 bridgehead atoms. The van der Waals surface area contributed by atoms with Gasteiger partial charge < -0.3 is 65.1 Å². The first-order chi connectivity index (χ1) is 49.6. The number of carbonyl (C=O) groups is 1. The van der Waals surface area contributed by atoms with Gasteiger partial charge in [-0.25, -0.2) is 0 Å². The standard InChI is InChI=1S/C87H149NO13/c1-3-5-7-9-11-13-15-17-19-21-23-25-27-29-31-33-34-35-36-37-38-39-40-41-42-43-45-47-49-51-53-55-57-59-61-63-65-67-69-71-79(92)88-75(74-98-86-84(97)82(95)85(78(73-90)100-86)101-87-83(96)81(94)80(93)77(72-89)99-87)76(91)70-68-66-64-62-60-58-56-54-52-50-48-46-44-32-30-28-26-24-22-20-18-16-14-12-10-8-6-4-2/h5,7,11,13,17,19,23,25,29,31,34-35,37-38,40-41,43,45,49,51,68,70,75-78,80-87,89-91,93-97H,3-4,6,8-10,12,14-16,18,20-22,24,26-28,30,32-33,36,39,42,44,46-48,50,52-67,69,71-74H2,1-2H3,(H,88,92)/b7-5-,13-11-,19-17-,25-23-,31-29-,35-34-,38-37-,41-40-,45-43-,51-49-,70-68+. The summed E-state index contributed by atoms with van der Waals surface area (Å²) in [7, 11) is 0. The fourth-order valence-electron chi connectivity index (χ4n) is 12.7. The smallest absolute Gasteiger partial charge is 0.220 e. The van der Waals surface area contributed by atoms with E-state index in [2.05, 4.69) is 141 Å². The molecular formula is C87H149NO13. The van der Waals surface area contributed by atoms with Gasteiger partial charge in [0.1, 0.15) is 48.8 Å². The summed E-state index contributed by atoms with van der Waals surface area (Å²) in [5, 5.41) is 87.7. The SMILES string of the molecule is CC/C=C\C/C=C\C/C=C\C/C=C\C/C=C\C/C=C\C/C=C\C/C=C\C/C=C\C/C=C\CCCCCCCCCCC(=O)NC(COC1OC(CO)C(OC2OC(CO)C(O)C(O)C2O)C(O)C1O)C(O)/C=C/CCCCCCCCCCCCCCCCCCCCCCCCCCCC. The van der Waals surface area contributed by atoms with Crippen LogP contribution in [0.2, 0.25) is 0 Å². The van der Waals surface area contributed by atoms with E-state index in [-0.39, 0.29) is 18.9 Å². The molecule has 0 saturated carbocycles. The molecule has 1 amide bonds. The molecule has 2 rings (SSSR count). The second kappa shape index (κ2) is 69.2. The van der Waals surface area contributed by atoms with Gasteiger partial charge in [-0.15, -0.1) is 0 Å². The number of aliphatic hydroxyl groups excluding tert-OH is 8. The van der Waals surface area contributed by atoms with Gasteiger partial charge in [0.05, 0.1) is 32.0 Å². The van der Waals surface area contributed by atoms with Crippen LogP contribution in [0.15, 0.2) is 134 Å². The van der Waals surface area contributed by atoms with Crippen LogP contribution in [0.5, 0.6) is 0 Å². The molecular weight excluding hydrogens is 1270 g/mol. The summed E-state index contributed by atoms with van der Waals surface area (Å²) in [6, 6.07) is -0.931. The zero-order valence-corrected chi connectivity index (χ0v) is 63.6. The molecule has 0 spiro atoms. The minimum atomic E-state index is -1.80. The predicted molar refractivity (Wildman–Crippen MR) is 419 cm³/mol. The van der Waals surface area contributed by atoms with Gasteiger partial charge in [-0.3, -0.25) is 4.79 Å². The van der Waals surface area contributed by atoms with Crippen LogP contribution in [0, 0.1) is 0 Å². The third-order valence-corrected chi connectivity index (χ3v) is 19.1. The molecule has 14 nitrogen and oxygen atoms in total. The van der Waals surface area contributed by atoms with E-state index in [1.54, 1.807) is 6.08 Å². The van der Waals surface area contributed by atoms with E-state index < -0.39 is 86.8 Å². The van der Waals surface area contributed by atoms with Gasteiger partial charge in [-0.05, 0) is 96.3 Å². The Morgan fingerprint density at radius 3 is 1.05 bits per heavy atom. The molecule has 14 heteroatoms. The van der Waals surface area contributed by atoms with Crippen molar-refractivity contribution in [1.29, 1.82) is 0 Å². The Kier molecular flexibility index (Phi) is 63.9. The fraction of sp³-hybridized carbons (Fsp3) is 0.736. The number of aliphatic hydroxyl groups is 8. The first-order valence-corrected chi connectivity index (χ1v) is 40.9. The lowest BCUT2D eigenvalue weighted by atomic mass is 9.97. The summed E-state index contributed by atoms with van der Waals surface area (Å²) in [4.78, 5) is 13.4. The molecule has 2 fully saturated rings. The van der Waals surface area contributed by atoms with Crippen molar-refractivity contribution in [3.05, 3.63) is 134 Å². The molecule has 580 valence electrons. The van der Waals surface area contributed by atoms with Crippen molar-refractivity contribution in [2.75, 3.05) is 19.8 Å². The molecule has 101 heavy (non-hydrogen) atoms. The number of allylic oxidation sites excluding steroid dienone is 21. The zero-order valence-electron chi connectivity index (χ0n) is 63.6. The monoisotopic (exact) mass is 1420 g/mol. The van der Waals surface area contributed by atoms with Gasteiger partial charge >= 0.3 is 0 Å². The van der Waals surface area contributed by atoms with Crippen LogP contribution in [0.25, 0.3) is 0 Å². The Bertz CT molecular complexity index is 2220. The maximum absolute atomic E-state index is 13.4. The summed E-state index contributed by atoms with van der Waals surface area (Å²) >= 11 is 0. The maximum Gasteiger partial charge on any atom is 0.220 e. The topological polar surface area (TPSA) is 228 Å². The van der Waals surface area contributed by atoms with E-state index in [1.807, 2.05) is 6.08 Å². The van der Waals surface area contributed by atoms with Crippen LogP contribution < -0.4 is 5.32 Å². The number of amides is 1. The van der Waals surface area contributed by atoms with Crippen molar-refractivity contribution < 1.29 is 64.6 Å². The molecule has 2 aliphatic heterocycles. The first-order valence-electron chi connectivity index (χ1n) is 40.9. The first kappa shape index (κ1) is 93.2. The molecule has 9 N–H and O–H groups in total. The predicted octanol–water partition coefficient (Wildman–Crippen LogP) is 19.0. The summed E-state index contributed by atoms with van der Waals surface area (Å²) < 4.78 is 22.9. The van der Waals surface area contributed by atoms with E-state index in [4.69, 9.17) is 18.9 Å². The van der Waals surface area contributed by atoms with Gasteiger partial charge in [0.15, 0.2) is 12.6 Å². The van der Waals surface area contributed by atoms with Gasteiger partial charge in [-0.1, -0.05) is 347 Å². The average Bonchev–Trinajstić information content (AvgIpc) is 0.790. The highest BCUT2D eigenvalue weighted by Gasteiger charge is 2.51. The number of ether oxygens (including phenoxy) is 4. The van der Waals surface area contributed by atoms with Gasteiger partial charge in [0.25, 0.3) is 0 Å². The van der Waals surface area contributed by atoms with Crippen LogP contribution in [0.4, 0.5) is 0 Å². The second-order valence-electron chi connectivity index (χ2n) is 28.2. The minimum Gasteiger partial charge on any atom is -0.394 e. The molecule has 2 heterocycles. The Labute approximate surface area is 615 Å². The number of hydrogen-bond acceptors (Lipinski definition) is 13. The molecule has 2 saturated heterocycles. The lowest BCUT2D eigenvalue weighted by molar-refractivity contribution is -0.359. The highest BCUT2D eigenvalue weighted by atomic mass is 16.7. The van der Waals surface area contributed by atoms with E-state index in [1.165, 1.54) is 173 Å². The summed E-state index contributed by atoms with van der Waals surface area (Å²) in [6.07, 6.45) is 86.6. The molecule has 0 aromatic heterocycles. The number of rotatable bonds is 67. The zero-order chi connectivity index (χ0) is 73.0. The number of carbonyl (C=O) groups excluding carboxylic acids is 1. The van der Waals surface area contributed by atoms with E-state index in [0.29, 0.717) is 6.42 Å². The van der Waals surface area contributed by atoms with Crippen molar-refractivity contribution in [1.82, 2.24) is 5.32 Å². The average molecular weight is 1420 g/mol. The van der Waals surface area contributed by atoms with Gasteiger partial charge in [-0.2, -0.15) is 0 Å². The molecule has 0 radical (unpaired) electrons. The molecule has 0 aromatic rings. The Morgan fingerprint density at radius 1 is 0.366 bits per heavy atom. The lowest BCUT2D eigenvalue weighted by Crippen LogP contribution is -2.65. The van der Waals surface area contributed by atoms with Gasteiger partial charge in [0, 0.05) is 6.42 Å². The summed E-state index contributed by atoms with van der Waals surface area (Å²) in [5.74, 6) is -0.249. The molecule has 2 aliphatic rings. The van der Waals surface area contributed by atoms with E-state index >= 15 is 0 Å². The number of nitrogens with one attached hydrogen (secondary N) is 1. The van der Waals surface area contributed by atoms with Crippen molar-refractivity contribution >= 4 is 5.91 Å². The van der Waals surface area contributed by atoms with Crippen LogP contribution in [0.3, 0.4) is 0 Å². The Balaban J connectivity index is 1.63. The molecule has 12 atom stereocenters. The van der Waals surface area contributed by atoms with Crippen LogP contribution in [-0.4, -0.2) is 140 Å². The highest BCUT2D eigenvalue weighted by Crippen LogP contribution is 2.30. The van der Waals surface area contributed by atoms with Crippen LogP contribution in [0.1, 0.15) is 316 Å². The van der Waals surface area contributed by atoms with Crippen molar-refractivity contribution in [2.24, 2.45) is 0 Å². The van der Waals surface area contributed by atoms with E-state index in [9.17, 15) is 45.6 Å². The second-order valence-corrected chi connectivity index (χ2v) is 28.2. The van der Waals surface area contributed by atoms with Crippen LogP contribution in [-0.2, 0) is 23.7 Å². The Morgan fingerprint density at radius 2 is 0.683 bits per heavy atom. The van der Waals surface area contributed by atoms with Crippen LogP contribution >= 0.6 is 0 Å². The molecule has 0 aliphatic carbocycles. The quantitative estimate of drug-likeness (QED) is 0.0204. The third-order valence-electron chi connectivity index (χ3n) is 19.1. The highest BCUT2D eigenvalue weighted by molar-refractivity contribution is 5.76. The largest absolute Gasteiger partial charge is 0.394 e. The normalized spacial score (nSPS) is 22.5. The lowest BCUT2D eigenvalue weighted by Gasteiger charge is -2.46. The number of hydrogen-bond donors (Lipinski definition) is 9. The van der Waals surface area contributed by atoms with Gasteiger partial charge in [0.2, 0.25) is 5.91 Å². The third kappa shape index (κ3) is 51.9. The Hall–Kier alpha value is -3.87. The molecule has 12 unspecified atom stereocenters. The fourth-order valence-corrected chi connectivity index (χ4v) is 12.7.